The maximum atomic E-state index is 2.94. The van der Waals surface area contributed by atoms with Crippen LogP contribution in [0.3, 0.4) is 0 Å². The Hall–Kier alpha value is 1.44. The second-order valence-electron chi connectivity index (χ2n) is 2.56. The molecular formula is C7H18PbSe. The van der Waals surface area contributed by atoms with Gasteiger partial charge in [0.05, 0.1) is 0 Å². The summed E-state index contributed by atoms with van der Waals surface area (Å²) < 4.78 is 7.14. The van der Waals surface area contributed by atoms with Gasteiger partial charge in [0.2, 0.25) is 0 Å². The van der Waals surface area contributed by atoms with Crippen molar-refractivity contribution < 1.29 is 0 Å². The average molecular weight is 388 g/mol. The first-order valence-electron chi connectivity index (χ1n) is 3.50. The van der Waals surface area contributed by atoms with Crippen LogP contribution in [0.2, 0.25) is 18.8 Å². The van der Waals surface area contributed by atoms with Gasteiger partial charge in [-0.25, -0.2) is 0 Å². The van der Waals surface area contributed by atoms with Crippen LogP contribution in [0.4, 0.5) is 0 Å². The van der Waals surface area contributed by atoms with E-state index in [0.717, 1.165) is 0 Å². The standard InChI is InChI=1S/C4H9Se.3CH3.Pb/c1-2-3-4-5;;;;/h2-4H2,1H3;3*1H3;. The molecule has 0 aliphatic rings. The molecule has 0 aliphatic carbocycles. The Balaban J connectivity index is 0. The summed E-state index contributed by atoms with van der Waals surface area (Å²) in [6.07, 6.45) is 2.65. The summed E-state index contributed by atoms with van der Waals surface area (Å²) in [6.45, 7) is 2.19. The molecular weight excluding hydrogens is 370 g/mol. The molecule has 0 fully saturated rings. The third kappa shape index (κ3) is 44.1. The molecule has 0 aliphatic heterocycles. The number of unbranched alkanes of at least 4 members (excludes halogenated alkanes) is 1. The first-order valence-corrected chi connectivity index (χ1v) is 16.4. The van der Waals surface area contributed by atoms with E-state index in [4.69, 9.17) is 0 Å². The first kappa shape index (κ1) is 13.1. The summed E-state index contributed by atoms with van der Waals surface area (Å²) in [7, 11) is 0. The minimum atomic E-state index is -0.657. The quantitative estimate of drug-likeness (QED) is 0.639. The molecule has 0 saturated heterocycles. The molecule has 0 atom stereocenters. The van der Waals surface area contributed by atoms with E-state index < -0.39 is 22.7 Å². The fraction of sp³-hybridized carbons (Fsp3) is 1.00. The van der Waals surface area contributed by atoms with Gasteiger partial charge >= 0.3 is 77.3 Å². The fourth-order valence-electron chi connectivity index (χ4n) is 0.144. The van der Waals surface area contributed by atoms with Crippen molar-refractivity contribution >= 4 is 38.7 Å². The van der Waals surface area contributed by atoms with Crippen molar-refractivity contribution in [2.75, 3.05) is 0 Å². The van der Waals surface area contributed by atoms with Crippen LogP contribution in [-0.4, -0.2) is 38.7 Å². The zero-order valence-corrected chi connectivity index (χ0v) is 12.6. The molecule has 0 spiro atoms. The van der Waals surface area contributed by atoms with Gasteiger partial charge < -0.3 is 0 Å². The average Bonchev–Trinajstić information content (AvgIpc) is 1.66. The summed E-state index contributed by atoms with van der Waals surface area (Å²) in [5.41, 5.74) is 0. The summed E-state index contributed by atoms with van der Waals surface area (Å²) in [4.78, 5) is 0. The second-order valence-corrected chi connectivity index (χ2v) is 15.1. The van der Waals surface area contributed by atoms with Crippen molar-refractivity contribution in [2.24, 2.45) is 0 Å². The molecule has 0 aromatic carbocycles. The molecule has 0 nitrogen and oxygen atoms in total. The molecule has 0 N–H and O–H groups in total. The van der Waals surface area contributed by atoms with E-state index in [-0.39, 0.29) is 0 Å². The summed E-state index contributed by atoms with van der Waals surface area (Å²) >= 11 is 2.29. The Morgan fingerprint density at radius 3 is 1.56 bits per heavy atom. The van der Waals surface area contributed by atoms with Crippen molar-refractivity contribution in [3.05, 3.63) is 0 Å². The Labute approximate surface area is 76.7 Å². The second kappa shape index (κ2) is 12.1. The predicted molar refractivity (Wildman–Crippen MR) is 48.8 cm³/mol. The van der Waals surface area contributed by atoms with Crippen molar-refractivity contribution in [3.8, 4) is 0 Å². The van der Waals surface area contributed by atoms with E-state index >= 15 is 0 Å². The van der Waals surface area contributed by atoms with Gasteiger partial charge in [0, 0.05) is 0 Å². The Kier molecular flexibility index (Phi) is 17.6. The zero-order valence-electron chi connectivity index (χ0n) is 7.03. The Morgan fingerprint density at radius 1 is 1.22 bits per heavy atom. The van der Waals surface area contributed by atoms with Crippen molar-refractivity contribution in [3.63, 3.8) is 0 Å². The van der Waals surface area contributed by atoms with Crippen LogP contribution >= 0.6 is 0 Å². The Bertz CT molecular complexity index is 33.1. The molecule has 0 rings (SSSR count). The third-order valence-electron chi connectivity index (χ3n) is 0.498. The molecule has 0 aromatic rings. The Morgan fingerprint density at radius 2 is 1.56 bits per heavy atom. The van der Waals surface area contributed by atoms with Gasteiger partial charge in [-0.3, -0.25) is 0 Å². The minimum absolute atomic E-state index is 0.657. The summed E-state index contributed by atoms with van der Waals surface area (Å²) in [5, 5.41) is 1.22. The molecule has 0 bridgehead atoms. The van der Waals surface area contributed by atoms with Gasteiger partial charge in [-0.15, -0.1) is 0 Å². The third-order valence-corrected chi connectivity index (χ3v) is 1.10. The van der Waals surface area contributed by atoms with Gasteiger partial charge in [-0.2, -0.15) is 0 Å². The molecule has 0 heterocycles. The van der Waals surface area contributed by atoms with Crippen LogP contribution in [0.25, 0.3) is 0 Å². The van der Waals surface area contributed by atoms with Crippen LogP contribution in [0, 0.1) is 0 Å². The molecule has 0 unspecified atom stereocenters. The monoisotopic (exact) mass is 390 g/mol. The molecule has 2 heteroatoms. The van der Waals surface area contributed by atoms with E-state index in [0.29, 0.717) is 0 Å². The first-order chi connectivity index (χ1) is 4.15. The summed E-state index contributed by atoms with van der Waals surface area (Å²) in [5.74, 6) is 0. The van der Waals surface area contributed by atoms with Crippen molar-refractivity contribution in [1.82, 2.24) is 0 Å². The van der Waals surface area contributed by atoms with E-state index in [9.17, 15) is 0 Å². The van der Waals surface area contributed by atoms with E-state index in [1.165, 1.54) is 18.2 Å². The van der Waals surface area contributed by atoms with Crippen LogP contribution < -0.4 is 0 Å². The number of hydrogen-bond acceptors (Lipinski definition) is 0. The molecule has 0 aromatic heterocycles. The van der Waals surface area contributed by atoms with Crippen molar-refractivity contribution in [2.45, 2.75) is 38.5 Å². The van der Waals surface area contributed by atoms with Gasteiger partial charge in [0.25, 0.3) is 0 Å². The number of hydrogen-bond donors (Lipinski definition) is 0. The topological polar surface area (TPSA) is 0 Å². The van der Waals surface area contributed by atoms with Crippen LogP contribution in [0.15, 0.2) is 0 Å². The zero-order chi connectivity index (χ0) is 7.70. The van der Waals surface area contributed by atoms with Crippen LogP contribution in [0.5, 0.6) is 0 Å². The normalized spacial score (nSPS) is 8.67. The predicted octanol–water partition coefficient (Wildman–Crippen LogP) is 2.74. The summed E-state index contributed by atoms with van der Waals surface area (Å²) in [6, 6.07) is 0. The molecule has 9 heavy (non-hydrogen) atoms. The van der Waals surface area contributed by atoms with Crippen LogP contribution in [-0.2, 0) is 0 Å². The van der Waals surface area contributed by atoms with Crippen LogP contribution in [0.1, 0.15) is 19.8 Å². The molecule has 56 valence electrons. The fourth-order valence-corrected chi connectivity index (χ4v) is 0.750. The molecule has 0 saturated carbocycles. The number of rotatable bonds is 2. The van der Waals surface area contributed by atoms with E-state index in [2.05, 4.69) is 36.4 Å². The van der Waals surface area contributed by atoms with Crippen molar-refractivity contribution in [1.29, 1.82) is 0 Å². The van der Waals surface area contributed by atoms with Gasteiger partial charge in [-0.1, -0.05) is 0 Å². The van der Waals surface area contributed by atoms with E-state index in [1.807, 2.05) is 0 Å². The van der Waals surface area contributed by atoms with Gasteiger partial charge in [0.1, 0.15) is 0 Å². The molecule has 2 radical (unpaired) electrons. The van der Waals surface area contributed by atoms with E-state index in [1.54, 1.807) is 0 Å². The van der Waals surface area contributed by atoms with Gasteiger partial charge in [0.15, 0.2) is 0 Å². The maximum absolute atomic E-state index is 2.94. The molecule has 0 amide bonds. The van der Waals surface area contributed by atoms with Gasteiger partial charge in [-0.05, 0) is 0 Å². The SMILES string of the molecule is CCCC[Se].[CH3][Pb]([CH3])[CH3].